The molecule has 94 valence electrons. The summed E-state index contributed by atoms with van der Waals surface area (Å²) in [7, 11) is 0. The van der Waals surface area contributed by atoms with Crippen molar-refractivity contribution in [2.45, 2.75) is 13.0 Å². The van der Waals surface area contributed by atoms with Gasteiger partial charge in [-0.15, -0.1) is 11.3 Å². The van der Waals surface area contributed by atoms with E-state index in [1.54, 1.807) is 29.9 Å². The highest BCUT2D eigenvalue weighted by Gasteiger charge is 1.95. The Labute approximate surface area is 110 Å². The number of hydrogen-bond acceptors (Lipinski definition) is 3. The molecule has 0 unspecified atom stereocenters. The first kappa shape index (κ1) is 12.6. The lowest BCUT2D eigenvalue weighted by molar-refractivity contribution is -0.116. The number of aryl methyl sites for hydroxylation is 1. The quantitative estimate of drug-likeness (QED) is 0.640. The minimum atomic E-state index is -0.0472. The van der Waals surface area contributed by atoms with E-state index < -0.39 is 0 Å². The van der Waals surface area contributed by atoms with Crippen molar-refractivity contribution in [3.63, 3.8) is 0 Å². The molecule has 0 aliphatic heterocycles. The van der Waals surface area contributed by atoms with Gasteiger partial charge in [-0.25, -0.2) is 4.98 Å². The summed E-state index contributed by atoms with van der Waals surface area (Å²) in [4.78, 5) is 16.5. The average Bonchev–Trinajstić information content (AvgIpc) is 3.04. The Kier molecular flexibility index (Phi) is 4.72. The molecule has 0 radical (unpaired) electrons. The molecule has 0 saturated heterocycles. The first-order valence-corrected chi connectivity index (χ1v) is 6.68. The van der Waals surface area contributed by atoms with E-state index >= 15 is 0 Å². The van der Waals surface area contributed by atoms with Gasteiger partial charge in [0.25, 0.3) is 0 Å². The third kappa shape index (κ3) is 4.18. The Morgan fingerprint density at radius 1 is 1.56 bits per heavy atom. The maximum Gasteiger partial charge on any atom is 0.244 e. The molecule has 0 aliphatic carbocycles. The van der Waals surface area contributed by atoms with Gasteiger partial charge in [-0.2, -0.15) is 0 Å². The Balaban J connectivity index is 1.63. The van der Waals surface area contributed by atoms with Crippen LogP contribution in [0.4, 0.5) is 0 Å². The Bertz CT molecular complexity index is 488. The summed E-state index contributed by atoms with van der Waals surface area (Å²) in [5.41, 5.74) is 0. The highest BCUT2D eigenvalue weighted by atomic mass is 32.1. The molecule has 4 nitrogen and oxygen atoms in total. The lowest BCUT2D eigenvalue weighted by Crippen LogP contribution is -2.22. The largest absolute Gasteiger partial charge is 0.352 e. The van der Waals surface area contributed by atoms with Gasteiger partial charge in [-0.1, -0.05) is 6.07 Å². The normalized spacial score (nSPS) is 10.9. The number of thiophene rings is 1. The number of hydrogen-bond donors (Lipinski definition) is 1. The summed E-state index contributed by atoms with van der Waals surface area (Å²) < 4.78 is 1.99. The van der Waals surface area contributed by atoms with E-state index in [1.807, 2.05) is 34.4 Å². The van der Waals surface area contributed by atoms with Gasteiger partial charge in [0, 0.05) is 36.4 Å². The van der Waals surface area contributed by atoms with E-state index in [2.05, 4.69) is 10.3 Å². The van der Waals surface area contributed by atoms with Crippen molar-refractivity contribution in [1.29, 1.82) is 0 Å². The van der Waals surface area contributed by atoms with Crippen LogP contribution in [0.1, 0.15) is 11.3 Å². The van der Waals surface area contributed by atoms with Crippen molar-refractivity contribution in [3.8, 4) is 0 Å². The third-order valence-corrected chi connectivity index (χ3v) is 3.23. The van der Waals surface area contributed by atoms with Gasteiger partial charge in [-0.3, -0.25) is 4.79 Å². The van der Waals surface area contributed by atoms with E-state index in [-0.39, 0.29) is 5.91 Å². The van der Waals surface area contributed by atoms with Crippen LogP contribution in [0.2, 0.25) is 0 Å². The van der Waals surface area contributed by atoms with Crippen LogP contribution in [0, 0.1) is 0 Å². The van der Waals surface area contributed by atoms with Crippen molar-refractivity contribution >= 4 is 23.3 Å². The maximum absolute atomic E-state index is 11.5. The monoisotopic (exact) mass is 261 g/mol. The van der Waals surface area contributed by atoms with Crippen molar-refractivity contribution in [2.75, 3.05) is 6.54 Å². The lowest BCUT2D eigenvalue weighted by atomic mass is 10.3. The first-order valence-electron chi connectivity index (χ1n) is 5.80. The summed E-state index contributed by atoms with van der Waals surface area (Å²) in [5, 5.41) is 4.84. The number of carbonyl (C=O) groups is 1. The van der Waals surface area contributed by atoms with Crippen molar-refractivity contribution < 1.29 is 4.79 Å². The fourth-order valence-corrected chi connectivity index (χ4v) is 2.11. The summed E-state index contributed by atoms with van der Waals surface area (Å²) in [6.45, 7) is 1.54. The summed E-state index contributed by atoms with van der Waals surface area (Å²) in [5.74, 6) is -0.0472. The number of nitrogens with zero attached hydrogens (tertiary/aromatic N) is 2. The van der Waals surface area contributed by atoms with Gasteiger partial charge in [0.15, 0.2) is 0 Å². The third-order valence-electron chi connectivity index (χ3n) is 2.39. The molecule has 2 aromatic heterocycles. The predicted molar refractivity (Wildman–Crippen MR) is 73.2 cm³/mol. The molecule has 2 aromatic rings. The van der Waals surface area contributed by atoms with Crippen molar-refractivity contribution in [2.24, 2.45) is 0 Å². The Morgan fingerprint density at radius 3 is 3.22 bits per heavy atom. The van der Waals surface area contributed by atoms with Crippen LogP contribution in [0.5, 0.6) is 0 Å². The molecular weight excluding hydrogens is 246 g/mol. The number of aromatic nitrogens is 2. The number of imidazole rings is 1. The minimum Gasteiger partial charge on any atom is -0.352 e. The van der Waals surface area contributed by atoms with Gasteiger partial charge in [0.05, 0.1) is 6.33 Å². The molecule has 2 heterocycles. The van der Waals surface area contributed by atoms with Gasteiger partial charge in [0.1, 0.15) is 0 Å². The Hall–Kier alpha value is -1.88. The van der Waals surface area contributed by atoms with E-state index in [1.165, 1.54) is 0 Å². The van der Waals surface area contributed by atoms with Crippen LogP contribution >= 0.6 is 11.3 Å². The van der Waals surface area contributed by atoms with Crippen molar-refractivity contribution in [3.05, 3.63) is 47.2 Å². The minimum absolute atomic E-state index is 0.0472. The van der Waals surface area contributed by atoms with Gasteiger partial charge >= 0.3 is 0 Å². The van der Waals surface area contributed by atoms with Crippen LogP contribution in [0.25, 0.3) is 6.08 Å². The molecule has 0 atom stereocenters. The maximum atomic E-state index is 11.5. The summed E-state index contributed by atoms with van der Waals surface area (Å²) in [6, 6.07) is 3.95. The lowest BCUT2D eigenvalue weighted by Gasteiger charge is -2.02. The molecule has 1 amide bonds. The van der Waals surface area contributed by atoms with Crippen LogP contribution in [0.3, 0.4) is 0 Å². The highest BCUT2D eigenvalue weighted by Crippen LogP contribution is 2.09. The molecule has 2 rings (SSSR count). The zero-order chi connectivity index (χ0) is 12.6. The molecule has 5 heteroatoms. The zero-order valence-corrected chi connectivity index (χ0v) is 10.8. The Morgan fingerprint density at radius 2 is 2.50 bits per heavy atom. The molecular formula is C13H15N3OS. The zero-order valence-electron chi connectivity index (χ0n) is 9.95. The first-order chi connectivity index (χ1) is 8.84. The van der Waals surface area contributed by atoms with Crippen LogP contribution in [0.15, 0.2) is 42.3 Å². The molecule has 18 heavy (non-hydrogen) atoms. The topological polar surface area (TPSA) is 46.9 Å². The summed E-state index contributed by atoms with van der Waals surface area (Å²) >= 11 is 1.61. The molecule has 0 spiro atoms. The molecule has 0 fully saturated rings. The number of nitrogens with one attached hydrogen (secondary N) is 1. The van der Waals surface area contributed by atoms with Gasteiger partial charge < -0.3 is 9.88 Å². The van der Waals surface area contributed by atoms with E-state index in [9.17, 15) is 4.79 Å². The van der Waals surface area contributed by atoms with Crippen LogP contribution < -0.4 is 5.32 Å². The van der Waals surface area contributed by atoms with E-state index in [0.717, 1.165) is 17.8 Å². The molecule has 0 bridgehead atoms. The molecule has 0 saturated carbocycles. The van der Waals surface area contributed by atoms with Crippen LogP contribution in [-0.2, 0) is 11.3 Å². The molecule has 1 N–H and O–H groups in total. The van der Waals surface area contributed by atoms with Gasteiger partial charge in [-0.05, 0) is 23.9 Å². The standard InChI is InChI=1S/C13H15N3OS/c17-13(5-4-12-3-1-10-18-12)15-6-2-8-16-9-7-14-11-16/h1,3-5,7,9-11H,2,6,8H2,(H,15,17)/b5-4+. The number of rotatable bonds is 6. The van der Waals surface area contributed by atoms with Crippen LogP contribution in [-0.4, -0.2) is 22.0 Å². The SMILES string of the molecule is O=C(/C=C/c1cccs1)NCCCn1ccnc1. The second-order valence-corrected chi connectivity index (χ2v) is 4.77. The van der Waals surface area contributed by atoms with E-state index in [4.69, 9.17) is 0 Å². The van der Waals surface area contributed by atoms with E-state index in [0.29, 0.717) is 6.54 Å². The molecule has 0 aliphatic rings. The number of amides is 1. The smallest absolute Gasteiger partial charge is 0.244 e. The predicted octanol–water partition coefficient (Wildman–Crippen LogP) is 2.16. The highest BCUT2D eigenvalue weighted by molar-refractivity contribution is 7.10. The average molecular weight is 261 g/mol. The fourth-order valence-electron chi connectivity index (χ4n) is 1.50. The van der Waals surface area contributed by atoms with Gasteiger partial charge in [0.2, 0.25) is 5.91 Å². The molecule has 0 aromatic carbocycles. The second kappa shape index (κ2) is 6.76. The number of carbonyl (C=O) groups excluding carboxylic acids is 1. The second-order valence-electron chi connectivity index (χ2n) is 3.79. The summed E-state index contributed by atoms with van der Waals surface area (Å²) in [6.07, 6.45) is 9.74. The van der Waals surface area contributed by atoms with Crippen molar-refractivity contribution in [1.82, 2.24) is 14.9 Å². The fraction of sp³-hybridized carbons (Fsp3) is 0.231.